The van der Waals surface area contributed by atoms with Crippen molar-refractivity contribution >= 4 is 45.7 Å². The van der Waals surface area contributed by atoms with Crippen LogP contribution >= 0.6 is 22.9 Å². The van der Waals surface area contributed by atoms with E-state index in [1.807, 2.05) is 13.0 Å². The molecule has 3 aromatic rings. The Morgan fingerprint density at radius 3 is 2.59 bits per heavy atom. The zero-order chi connectivity index (χ0) is 23.3. The molecule has 0 aliphatic carbocycles. The summed E-state index contributed by atoms with van der Waals surface area (Å²) in [6.45, 7) is 3.66. The van der Waals surface area contributed by atoms with Gasteiger partial charge in [0.15, 0.2) is 0 Å². The van der Waals surface area contributed by atoms with Crippen molar-refractivity contribution < 1.29 is 18.4 Å². The Labute approximate surface area is 192 Å². The lowest BCUT2D eigenvalue weighted by Crippen LogP contribution is -2.49. The van der Waals surface area contributed by atoms with E-state index in [1.165, 1.54) is 0 Å². The van der Waals surface area contributed by atoms with E-state index in [-0.39, 0.29) is 16.7 Å². The standard InChI is InChI=1S/C21H20ClF2N5O2S/c1-3-11(2)17(26-20(31)25-16-8-7-14(23)10-15(16)24)18(30)27-21-29-28-19(32-21)12-5-4-6-13(22)9-12/h4-11,17H,3H2,1-2H3,(H2,25,26,31)(H,27,29,30)/t11-,17-/m0/s1. The predicted molar refractivity (Wildman–Crippen MR) is 121 cm³/mol. The van der Waals surface area contributed by atoms with Crippen LogP contribution < -0.4 is 16.0 Å². The fourth-order valence-corrected chi connectivity index (χ4v) is 3.72. The van der Waals surface area contributed by atoms with E-state index in [0.29, 0.717) is 22.5 Å². The summed E-state index contributed by atoms with van der Waals surface area (Å²) in [4.78, 5) is 25.2. The monoisotopic (exact) mass is 479 g/mol. The molecule has 7 nitrogen and oxygen atoms in total. The number of carbonyl (C=O) groups is 2. The number of carbonyl (C=O) groups excluding carboxylic acids is 2. The number of hydrogen-bond acceptors (Lipinski definition) is 5. The van der Waals surface area contributed by atoms with Gasteiger partial charge in [-0.1, -0.05) is 55.3 Å². The summed E-state index contributed by atoms with van der Waals surface area (Å²) in [5.41, 5.74) is 0.551. The van der Waals surface area contributed by atoms with Crippen LogP contribution in [0.25, 0.3) is 10.6 Å². The minimum atomic E-state index is -0.929. The van der Waals surface area contributed by atoms with Gasteiger partial charge in [-0.3, -0.25) is 10.1 Å². The van der Waals surface area contributed by atoms with Crippen LogP contribution in [-0.2, 0) is 4.79 Å². The van der Waals surface area contributed by atoms with E-state index < -0.39 is 29.6 Å². The number of hydrogen-bond donors (Lipinski definition) is 3. The molecule has 168 valence electrons. The first-order valence-electron chi connectivity index (χ1n) is 9.69. The normalized spacial score (nSPS) is 12.7. The highest BCUT2D eigenvalue weighted by molar-refractivity contribution is 7.18. The van der Waals surface area contributed by atoms with Crippen molar-refractivity contribution in [1.82, 2.24) is 15.5 Å². The van der Waals surface area contributed by atoms with Crippen molar-refractivity contribution in [3.05, 3.63) is 59.1 Å². The summed E-state index contributed by atoms with van der Waals surface area (Å²) in [5.74, 6) is -2.42. The second-order valence-electron chi connectivity index (χ2n) is 7.00. The lowest BCUT2D eigenvalue weighted by atomic mass is 9.98. The number of anilines is 2. The topological polar surface area (TPSA) is 96.0 Å². The van der Waals surface area contributed by atoms with E-state index in [9.17, 15) is 18.4 Å². The van der Waals surface area contributed by atoms with Gasteiger partial charge in [-0.15, -0.1) is 10.2 Å². The number of urea groups is 1. The molecule has 1 aromatic heterocycles. The van der Waals surface area contributed by atoms with E-state index in [2.05, 4.69) is 26.1 Å². The lowest BCUT2D eigenvalue weighted by molar-refractivity contribution is -0.119. The average molecular weight is 480 g/mol. The van der Waals surface area contributed by atoms with Gasteiger partial charge in [0.05, 0.1) is 5.69 Å². The molecule has 32 heavy (non-hydrogen) atoms. The van der Waals surface area contributed by atoms with E-state index in [1.54, 1.807) is 25.1 Å². The van der Waals surface area contributed by atoms with Gasteiger partial charge < -0.3 is 10.6 Å². The van der Waals surface area contributed by atoms with Gasteiger partial charge in [0.1, 0.15) is 22.7 Å². The Morgan fingerprint density at radius 1 is 1.12 bits per heavy atom. The van der Waals surface area contributed by atoms with Crippen LogP contribution in [0.1, 0.15) is 20.3 Å². The highest BCUT2D eigenvalue weighted by atomic mass is 35.5. The van der Waals surface area contributed by atoms with Gasteiger partial charge in [0, 0.05) is 16.7 Å². The predicted octanol–water partition coefficient (Wildman–Crippen LogP) is 5.31. The minimum Gasteiger partial charge on any atom is -0.326 e. The largest absolute Gasteiger partial charge is 0.326 e. The third kappa shape index (κ3) is 5.98. The van der Waals surface area contributed by atoms with Crippen molar-refractivity contribution in [2.75, 3.05) is 10.6 Å². The van der Waals surface area contributed by atoms with Crippen LogP contribution in [0.5, 0.6) is 0 Å². The first-order chi connectivity index (χ1) is 15.3. The number of benzene rings is 2. The summed E-state index contributed by atoms with van der Waals surface area (Å²) < 4.78 is 26.9. The molecule has 3 amide bonds. The number of aromatic nitrogens is 2. The third-order valence-corrected chi connectivity index (χ3v) is 5.81. The number of nitrogens with zero attached hydrogens (tertiary/aromatic N) is 2. The van der Waals surface area contributed by atoms with Gasteiger partial charge in [0.25, 0.3) is 0 Å². The zero-order valence-electron chi connectivity index (χ0n) is 17.2. The summed E-state index contributed by atoms with van der Waals surface area (Å²) in [7, 11) is 0. The van der Waals surface area contributed by atoms with E-state index in [0.717, 1.165) is 29.0 Å². The van der Waals surface area contributed by atoms with Gasteiger partial charge in [0.2, 0.25) is 11.0 Å². The first-order valence-corrected chi connectivity index (χ1v) is 10.9. The van der Waals surface area contributed by atoms with Gasteiger partial charge in [-0.2, -0.15) is 0 Å². The fraction of sp³-hybridized carbons (Fsp3) is 0.238. The van der Waals surface area contributed by atoms with Crippen molar-refractivity contribution in [1.29, 1.82) is 0 Å². The third-order valence-electron chi connectivity index (χ3n) is 4.69. The molecule has 0 saturated heterocycles. The fourth-order valence-electron chi connectivity index (χ4n) is 2.79. The molecule has 3 N–H and O–H groups in total. The Balaban J connectivity index is 1.69. The quantitative estimate of drug-likeness (QED) is 0.427. The maximum Gasteiger partial charge on any atom is 0.319 e. The molecular weight excluding hydrogens is 460 g/mol. The van der Waals surface area contributed by atoms with Gasteiger partial charge in [-0.05, 0) is 30.2 Å². The SMILES string of the molecule is CC[C@H](C)[C@H](NC(=O)Nc1ccc(F)cc1F)C(=O)Nc1nnc(-c2cccc(Cl)c2)s1. The Kier molecular flexibility index (Phi) is 7.70. The highest BCUT2D eigenvalue weighted by Gasteiger charge is 2.27. The molecule has 0 unspecified atom stereocenters. The van der Waals surface area contributed by atoms with Gasteiger partial charge in [-0.25, -0.2) is 13.6 Å². The second-order valence-corrected chi connectivity index (χ2v) is 8.41. The highest BCUT2D eigenvalue weighted by Crippen LogP contribution is 2.28. The summed E-state index contributed by atoms with van der Waals surface area (Å²) in [6.07, 6.45) is 0.590. The molecule has 11 heteroatoms. The molecule has 0 fully saturated rings. The number of halogens is 3. The van der Waals surface area contributed by atoms with Crippen LogP contribution in [0.15, 0.2) is 42.5 Å². The molecule has 0 radical (unpaired) electrons. The second kappa shape index (κ2) is 10.5. The van der Waals surface area contributed by atoms with Crippen molar-refractivity contribution in [2.45, 2.75) is 26.3 Å². The molecule has 2 aromatic carbocycles. The minimum absolute atomic E-state index is 0.206. The van der Waals surface area contributed by atoms with Crippen molar-refractivity contribution in [2.24, 2.45) is 5.92 Å². The lowest BCUT2D eigenvalue weighted by Gasteiger charge is -2.23. The molecule has 0 spiro atoms. The molecule has 3 rings (SSSR count). The molecule has 0 saturated carbocycles. The summed E-state index contributed by atoms with van der Waals surface area (Å²) in [6, 6.07) is 8.11. The summed E-state index contributed by atoms with van der Waals surface area (Å²) in [5, 5.41) is 16.9. The molecular formula is C21H20ClF2N5O2S. The maximum atomic E-state index is 13.8. The van der Waals surface area contributed by atoms with Crippen molar-refractivity contribution in [3.8, 4) is 10.6 Å². The Bertz CT molecular complexity index is 1130. The zero-order valence-corrected chi connectivity index (χ0v) is 18.7. The molecule has 0 bridgehead atoms. The average Bonchev–Trinajstić information content (AvgIpc) is 3.22. The van der Waals surface area contributed by atoms with Gasteiger partial charge >= 0.3 is 6.03 Å². The van der Waals surface area contributed by atoms with E-state index in [4.69, 9.17) is 11.6 Å². The van der Waals surface area contributed by atoms with Crippen LogP contribution in [-0.4, -0.2) is 28.2 Å². The molecule has 0 aliphatic rings. The molecule has 2 atom stereocenters. The van der Waals surface area contributed by atoms with E-state index >= 15 is 0 Å². The van der Waals surface area contributed by atoms with Crippen molar-refractivity contribution in [3.63, 3.8) is 0 Å². The van der Waals surface area contributed by atoms with Crippen LogP contribution in [0.3, 0.4) is 0 Å². The molecule has 0 aliphatic heterocycles. The Morgan fingerprint density at radius 2 is 1.91 bits per heavy atom. The van der Waals surface area contributed by atoms with Crippen LogP contribution in [0.4, 0.5) is 24.4 Å². The number of rotatable bonds is 7. The smallest absolute Gasteiger partial charge is 0.319 e. The maximum absolute atomic E-state index is 13.8. The number of nitrogens with one attached hydrogen (secondary N) is 3. The first kappa shape index (κ1) is 23.6. The number of amides is 3. The summed E-state index contributed by atoms with van der Waals surface area (Å²) >= 11 is 7.16. The molecule has 1 heterocycles. The van der Waals surface area contributed by atoms with Crippen LogP contribution in [0, 0.1) is 17.6 Å². The Hall–Kier alpha value is -3.11. The van der Waals surface area contributed by atoms with Crippen LogP contribution in [0.2, 0.25) is 5.02 Å².